The zero-order valence-corrected chi connectivity index (χ0v) is 13.7. The molecule has 1 fully saturated rings. The molecule has 0 aliphatic carbocycles. The van der Waals surface area contributed by atoms with Crippen LogP contribution in [-0.2, 0) is 14.6 Å². The van der Waals surface area contributed by atoms with Crippen LogP contribution in [0.3, 0.4) is 0 Å². The number of benzene rings is 1. The van der Waals surface area contributed by atoms with Gasteiger partial charge in [-0.3, -0.25) is 9.69 Å². The van der Waals surface area contributed by atoms with Crippen LogP contribution in [0, 0.1) is 0 Å². The van der Waals surface area contributed by atoms with E-state index < -0.39 is 21.5 Å². The van der Waals surface area contributed by atoms with Gasteiger partial charge in [0.1, 0.15) is 5.75 Å². The van der Waals surface area contributed by atoms with Crippen molar-refractivity contribution in [3.05, 3.63) is 29.3 Å². The van der Waals surface area contributed by atoms with E-state index in [2.05, 4.69) is 0 Å². The van der Waals surface area contributed by atoms with E-state index in [-0.39, 0.29) is 11.5 Å². The normalized spacial score (nSPS) is 16.7. The minimum Gasteiger partial charge on any atom is -0.395 e. The average Bonchev–Trinajstić information content (AvgIpc) is 2.48. The molecule has 1 heterocycles. The van der Waals surface area contributed by atoms with Gasteiger partial charge in [-0.15, -0.1) is 0 Å². The molecule has 2 rings (SSSR count). The molecule has 1 amide bonds. The largest absolute Gasteiger partial charge is 0.395 e. The number of aliphatic hydroxyl groups excluding tert-OH is 1. The van der Waals surface area contributed by atoms with Crippen molar-refractivity contribution in [2.24, 2.45) is 0 Å². The lowest BCUT2D eigenvalue weighted by molar-refractivity contribution is -0.130. The fraction of sp³-hybridized carbons (Fsp3) is 0.500. The molecule has 0 radical (unpaired) electrons. The topological polar surface area (TPSA) is 77.9 Å². The highest BCUT2D eigenvalue weighted by molar-refractivity contribution is 7.92. The van der Waals surface area contributed by atoms with Crippen LogP contribution in [0.25, 0.3) is 0 Å². The van der Waals surface area contributed by atoms with Gasteiger partial charge in [-0.1, -0.05) is 11.6 Å². The van der Waals surface area contributed by atoms with Crippen LogP contribution >= 0.6 is 11.6 Å². The fourth-order valence-electron chi connectivity index (χ4n) is 2.34. The van der Waals surface area contributed by atoms with Crippen molar-refractivity contribution >= 4 is 27.3 Å². The number of halogens is 1. The Morgan fingerprint density at radius 1 is 1.14 bits per heavy atom. The molecule has 122 valence electrons. The molecule has 0 unspecified atom stereocenters. The number of amides is 1. The molecule has 0 spiro atoms. The van der Waals surface area contributed by atoms with Crippen molar-refractivity contribution in [1.29, 1.82) is 0 Å². The van der Waals surface area contributed by atoms with Crippen molar-refractivity contribution in [2.45, 2.75) is 4.90 Å². The Morgan fingerprint density at radius 2 is 1.73 bits per heavy atom. The molecule has 1 aromatic rings. The number of sulfone groups is 1. The highest BCUT2D eigenvalue weighted by atomic mass is 35.5. The minimum absolute atomic E-state index is 0.0822. The van der Waals surface area contributed by atoms with Gasteiger partial charge in [0, 0.05) is 37.7 Å². The van der Waals surface area contributed by atoms with Crippen molar-refractivity contribution in [1.82, 2.24) is 9.80 Å². The Labute approximate surface area is 135 Å². The van der Waals surface area contributed by atoms with Crippen LogP contribution < -0.4 is 0 Å². The van der Waals surface area contributed by atoms with Crippen LogP contribution in [0.4, 0.5) is 0 Å². The van der Waals surface area contributed by atoms with Gasteiger partial charge >= 0.3 is 0 Å². The Morgan fingerprint density at radius 3 is 2.27 bits per heavy atom. The van der Waals surface area contributed by atoms with Crippen molar-refractivity contribution in [3.8, 4) is 0 Å². The maximum Gasteiger partial charge on any atom is 0.238 e. The lowest BCUT2D eigenvalue weighted by Crippen LogP contribution is -2.50. The van der Waals surface area contributed by atoms with Gasteiger partial charge in [-0.05, 0) is 24.3 Å². The maximum atomic E-state index is 12.2. The van der Waals surface area contributed by atoms with Crippen LogP contribution in [0.15, 0.2) is 29.2 Å². The summed E-state index contributed by atoms with van der Waals surface area (Å²) in [7, 11) is -3.65. The Kier molecular flexibility index (Phi) is 5.80. The summed E-state index contributed by atoms with van der Waals surface area (Å²) in [5.41, 5.74) is 0. The molecule has 1 aromatic carbocycles. The second-order valence-corrected chi connectivity index (χ2v) is 7.59. The first kappa shape index (κ1) is 17.2. The van der Waals surface area contributed by atoms with Gasteiger partial charge in [-0.25, -0.2) is 8.42 Å². The molecule has 1 saturated heterocycles. The standard InChI is InChI=1S/C14H19ClN2O4S/c15-12-1-3-13(4-2-12)22(20,21)11-14(19)17-7-5-16(6-8-17)9-10-18/h1-4,18H,5-11H2. The van der Waals surface area contributed by atoms with E-state index in [1.807, 2.05) is 4.90 Å². The number of β-amino-alcohol motifs (C(OH)–C–C–N with tert-alkyl or cyclic N) is 1. The highest BCUT2D eigenvalue weighted by Crippen LogP contribution is 2.16. The van der Waals surface area contributed by atoms with E-state index in [1.165, 1.54) is 24.3 Å². The zero-order chi connectivity index (χ0) is 16.2. The number of carbonyl (C=O) groups is 1. The van der Waals surface area contributed by atoms with Gasteiger partial charge in [0.2, 0.25) is 5.91 Å². The molecule has 0 bridgehead atoms. The van der Waals surface area contributed by atoms with Gasteiger partial charge in [0.25, 0.3) is 0 Å². The molecule has 8 heteroatoms. The van der Waals surface area contributed by atoms with E-state index >= 15 is 0 Å². The second kappa shape index (κ2) is 7.41. The molecule has 1 aliphatic rings. The predicted octanol–water partition coefficient (Wildman–Crippen LogP) is 0.250. The molecular weight excluding hydrogens is 328 g/mol. The van der Waals surface area contributed by atoms with Crippen molar-refractivity contribution < 1.29 is 18.3 Å². The van der Waals surface area contributed by atoms with Gasteiger partial charge in [0.15, 0.2) is 9.84 Å². The number of nitrogens with zero attached hydrogens (tertiary/aromatic N) is 2. The summed E-state index contributed by atoms with van der Waals surface area (Å²) >= 11 is 5.74. The van der Waals surface area contributed by atoms with E-state index in [4.69, 9.17) is 16.7 Å². The van der Waals surface area contributed by atoms with Crippen LogP contribution in [0.2, 0.25) is 5.02 Å². The first-order valence-electron chi connectivity index (χ1n) is 7.02. The average molecular weight is 347 g/mol. The summed E-state index contributed by atoms with van der Waals surface area (Å²) in [5, 5.41) is 9.33. The number of aliphatic hydroxyl groups is 1. The monoisotopic (exact) mass is 346 g/mol. The minimum atomic E-state index is -3.65. The maximum absolute atomic E-state index is 12.2. The summed E-state index contributed by atoms with van der Waals surface area (Å²) in [6.07, 6.45) is 0. The summed E-state index contributed by atoms with van der Waals surface area (Å²) in [6, 6.07) is 5.80. The van der Waals surface area contributed by atoms with Crippen LogP contribution in [0.1, 0.15) is 0 Å². The number of carbonyl (C=O) groups excluding carboxylic acids is 1. The smallest absolute Gasteiger partial charge is 0.238 e. The third-order valence-electron chi connectivity index (χ3n) is 3.63. The number of hydrogen-bond acceptors (Lipinski definition) is 5. The van der Waals surface area contributed by atoms with Gasteiger partial charge in [0.05, 0.1) is 11.5 Å². The third kappa shape index (κ3) is 4.42. The first-order valence-corrected chi connectivity index (χ1v) is 9.05. The molecule has 0 saturated carbocycles. The number of rotatable bonds is 5. The third-order valence-corrected chi connectivity index (χ3v) is 5.50. The molecule has 1 aliphatic heterocycles. The number of piperazine rings is 1. The molecule has 6 nitrogen and oxygen atoms in total. The molecule has 0 atom stereocenters. The zero-order valence-electron chi connectivity index (χ0n) is 12.1. The Balaban J connectivity index is 1.95. The highest BCUT2D eigenvalue weighted by Gasteiger charge is 2.26. The van der Waals surface area contributed by atoms with Crippen molar-refractivity contribution in [3.63, 3.8) is 0 Å². The number of hydrogen-bond donors (Lipinski definition) is 1. The van der Waals surface area contributed by atoms with Gasteiger partial charge < -0.3 is 10.0 Å². The summed E-state index contributed by atoms with van der Waals surface area (Å²) in [5.74, 6) is -0.923. The molecule has 22 heavy (non-hydrogen) atoms. The fourth-order valence-corrected chi connectivity index (χ4v) is 3.69. The van der Waals surface area contributed by atoms with E-state index in [0.717, 1.165) is 0 Å². The van der Waals surface area contributed by atoms with Crippen molar-refractivity contribution in [2.75, 3.05) is 45.1 Å². The van der Waals surface area contributed by atoms with E-state index in [1.54, 1.807) is 4.90 Å². The quantitative estimate of drug-likeness (QED) is 0.827. The predicted molar refractivity (Wildman–Crippen MR) is 83.6 cm³/mol. The Bertz CT molecular complexity index is 610. The molecule has 0 aromatic heterocycles. The van der Waals surface area contributed by atoms with Crippen LogP contribution in [0.5, 0.6) is 0 Å². The summed E-state index contributed by atoms with van der Waals surface area (Å²) < 4.78 is 24.5. The lowest BCUT2D eigenvalue weighted by Gasteiger charge is -2.34. The summed E-state index contributed by atoms with van der Waals surface area (Å²) in [6.45, 7) is 2.91. The van der Waals surface area contributed by atoms with E-state index in [9.17, 15) is 13.2 Å². The summed E-state index contributed by atoms with van der Waals surface area (Å²) in [4.78, 5) is 15.9. The van der Waals surface area contributed by atoms with Crippen LogP contribution in [-0.4, -0.2) is 74.3 Å². The SMILES string of the molecule is O=C(CS(=O)(=O)c1ccc(Cl)cc1)N1CCN(CCO)CC1. The second-order valence-electron chi connectivity index (χ2n) is 5.16. The van der Waals surface area contributed by atoms with E-state index in [0.29, 0.717) is 37.7 Å². The molecular formula is C14H19ClN2O4S. The molecule has 1 N–H and O–H groups in total. The van der Waals surface area contributed by atoms with Gasteiger partial charge in [-0.2, -0.15) is 0 Å². The Hall–Kier alpha value is -1.15. The first-order chi connectivity index (χ1) is 10.4. The lowest BCUT2D eigenvalue weighted by atomic mass is 10.3.